The first-order valence-corrected chi connectivity index (χ1v) is 7.26. The van der Waals surface area contributed by atoms with Crippen molar-refractivity contribution in [3.63, 3.8) is 0 Å². The Hall–Kier alpha value is -1.40. The number of sulfone groups is 1. The van der Waals surface area contributed by atoms with Gasteiger partial charge in [0.15, 0.2) is 9.84 Å². The number of fused-ring (bicyclic) bond motifs is 1. The Morgan fingerprint density at radius 1 is 1.39 bits per heavy atom. The van der Waals surface area contributed by atoms with Crippen LogP contribution >= 0.6 is 0 Å². The summed E-state index contributed by atoms with van der Waals surface area (Å²) in [5.74, 6) is -0.0872. The van der Waals surface area contributed by atoms with E-state index in [4.69, 9.17) is 5.11 Å². The van der Waals surface area contributed by atoms with Crippen LogP contribution in [0, 0.1) is 5.41 Å². The van der Waals surface area contributed by atoms with Crippen molar-refractivity contribution in [2.75, 3.05) is 12.4 Å². The predicted molar refractivity (Wildman–Crippen MR) is 69.0 cm³/mol. The number of aromatic nitrogens is 2. The van der Waals surface area contributed by atoms with Crippen LogP contribution in [-0.4, -0.2) is 35.9 Å². The molecule has 0 unspecified atom stereocenters. The number of imidazole rings is 1. The molecule has 2 aromatic rings. The average molecular weight is 268 g/mol. The summed E-state index contributed by atoms with van der Waals surface area (Å²) in [6, 6.07) is 4.79. The van der Waals surface area contributed by atoms with Crippen LogP contribution in [0.15, 0.2) is 29.4 Å². The topological polar surface area (TPSA) is 83.0 Å². The van der Waals surface area contributed by atoms with Crippen molar-refractivity contribution >= 4 is 20.9 Å². The molecule has 98 valence electrons. The number of nitrogens with one attached hydrogen (secondary N) is 1. The molecule has 0 aliphatic rings. The maximum Gasteiger partial charge on any atom is 0.179 e. The molecule has 0 bridgehead atoms. The molecule has 0 amide bonds. The van der Waals surface area contributed by atoms with Gasteiger partial charge < -0.3 is 10.1 Å². The molecule has 0 aliphatic heterocycles. The molecule has 1 heterocycles. The maximum absolute atomic E-state index is 12.2. The molecule has 0 radical (unpaired) electrons. The third-order valence-corrected chi connectivity index (χ3v) is 4.89. The van der Waals surface area contributed by atoms with Crippen LogP contribution in [-0.2, 0) is 9.84 Å². The van der Waals surface area contributed by atoms with Gasteiger partial charge in [-0.25, -0.2) is 13.4 Å². The molecule has 6 heteroatoms. The van der Waals surface area contributed by atoms with Crippen molar-refractivity contribution in [2.24, 2.45) is 5.41 Å². The number of rotatable bonds is 4. The Balaban J connectivity index is 2.40. The molecule has 0 saturated heterocycles. The minimum absolute atomic E-state index is 0.0872. The quantitative estimate of drug-likeness (QED) is 0.877. The Morgan fingerprint density at radius 3 is 2.78 bits per heavy atom. The van der Waals surface area contributed by atoms with Crippen LogP contribution in [0.4, 0.5) is 0 Å². The number of aliphatic hydroxyl groups excluding tert-OH is 1. The summed E-state index contributed by atoms with van der Waals surface area (Å²) in [7, 11) is -3.41. The van der Waals surface area contributed by atoms with Crippen molar-refractivity contribution in [3.05, 3.63) is 24.5 Å². The lowest BCUT2D eigenvalue weighted by molar-refractivity contribution is 0.179. The number of hydrogen-bond donors (Lipinski definition) is 2. The summed E-state index contributed by atoms with van der Waals surface area (Å²) in [6.45, 7) is 3.27. The number of aromatic amines is 1. The van der Waals surface area contributed by atoms with E-state index >= 15 is 0 Å². The van der Waals surface area contributed by atoms with Crippen molar-refractivity contribution < 1.29 is 13.5 Å². The van der Waals surface area contributed by atoms with Gasteiger partial charge in [0.1, 0.15) is 0 Å². The normalized spacial score (nSPS) is 13.1. The molecule has 0 fully saturated rings. The van der Waals surface area contributed by atoms with Crippen LogP contribution < -0.4 is 0 Å². The van der Waals surface area contributed by atoms with Crippen LogP contribution in [0.5, 0.6) is 0 Å². The lowest BCUT2D eigenvalue weighted by atomic mass is 9.98. The minimum Gasteiger partial charge on any atom is -0.396 e. The maximum atomic E-state index is 12.2. The van der Waals surface area contributed by atoms with Gasteiger partial charge in [-0.05, 0) is 18.2 Å². The third-order valence-electron chi connectivity index (χ3n) is 2.76. The zero-order chi connectivity index (χ0) is 13.4. The van der Waals surface area contributed by atoms with Gasteiger partial charge in [0, 0.05) is 12.0 Å². The number of benzene rings is 1. The Morgan fingerprint density at radius 2 is 2.11 bits per heavy atom. The molecule has 5 nitrogen and oxygen atoms in total. The number of hydrogen-bond acceptors (Lipinski definition) is 4. The van der Waals surface area contributed by atoms with Gasteiger partial charge in [-0.3, -0.25) is 0 Å². The van der Waals surface area contributed by atoms with E-state index in [0.717, 1.165) is 5.52 Å². The molecule has 0 spiro atoms. The number of nitrogens with zero attached hydrogens (tertiary/aromatic N) is 1. The molecule has 1 aromatic carbocycles. The first-order valence-electron chi connectivity index (χ1n) is 5.61. The highest BCUT2D eigenvalue weighted by Crippen LogP contribution is 2.24. The van der Waals surface area contributed by atoms with Crippen molar-refractivity contribution in [1.29, 1.82) is 0 Å². The molecule has 1 aromatic heterocycles. The SMILES string of the molecule is CC(C)(CO)CS(=O)(=O)c1ccc2nc[nH]c2c1. The van der Waals surface area contributed by atoms with Crippen LogP contribution in [0.1, 0.15) is 13.8 Å². The molecule has 0 atom stereocenters. The molecule has 18 heavy (non-hydrogen) atoms. The molecule has 2 rings (SSSR count). The van der Waals surface area contributed by atoms with Gasteiger partial charge in [-0.2, -0.15) is 0 Å². The van der Waals surface area contributed by atoms with Gasteiger partial charge in [0.25, 0.3) is 0 Å². The standard InChI is InChI=1S/C12H16N2O3S/c1-12(2,6-15)7-18(16,17)9-3-4-10-11(5-9)14-8-13-10/h3-5,8,15H,6-7H2,1-2H3,(H,13,14). The van der Waals surface area contributed by atoms with E-state index < -0.39 is 15.3 Å². The van der Waals surface area contributed by atoms with Gasteiger partial charge in [-0.1, -0.05) is 13.8 Å². The molecular formula is C12H16N2O3S. The Bertz CT molecular complexity index is 659. The van der Waals surface area contributed by atoms with E-state index in [9.17, 15) is 8.42 Å². The summed E-state index contributed by atoms with van der Waals surface area (Å²) in [6.07, 6.45) is 1.53. The summed E-state index contributed by atoms with van der Waals surface area (Å²) >= 11 is 0. The van der Waals surface area contributed by atoms with Crippen molar-refractivity contribution in [3.8, 4) is 0 Å². The van der Waals surface area contributed by atoms with E-state index in [1.54, 1.807) is 32.0 Å². The van der Waals surface area contributed by atoms with E-state index in [1.807, 2.05) is 0 Å². The van der Waals surface area contributed by atoms with Crippen LogP contribution in [0.25, 0.3) is 11.0 Å². The zero-order valence-corrected chi connectivity index (χ0v) is 11.2. The molecule has 0 saturated carbocycles. The van der Waals surface area contributed by atoms with Gasteiger partial charge in [0.2, 0.25) is 0 Å². The zero-order valence-electron chi connectivity index (χ0n) is 10.3. The molecular weight excluding hydrogens is 252 g/mol. The van der Waals surface area contributed by atoms with Gasteiger partial charge in [0.05, 0.1) is 28.0 Å². The first-order chi connectivity index (χ1) is 8.34. The Labute approximate surface area is 106 Å². The van der Waals surface area contributed by atoms with E-state index in [1.165, 1.54) is 6.33 Å². The summed E-state index contributed by atoms with van der Waals surface area (Å²) in [4.78, 5) is 7.18. The first kappa shape index (κ1) is 13.0. The smallest absolute Gasteiger partial charge is 0.179 e. The monoisotopic (exact) mass is 268 g/mol. The second-order valence-electron chi connectivity index (χ2n) is 5.16. The highest BCUT2D eigenvalue weighted by atomic mass is 32.2. The third kappa shape index (κ3) is 2.54. The average Bonchev–Trinajstić information content (AvgIpc) is 2.74. The van der Waals surface area contributed by atoms with Crippen LogP contribution in [0.2, 0.25) is 0 Å². The minimum atomic E-state index is -3.41. The highest BCUT2D eigenvalue weighted by molar-refractivity contribution is 7.91. The Kier molecular flexibility index (Phi) is 3.16. The lowest BCUT2D eigenvalue weighted by Gasteiger charge is -2.21. The van der Waals surface area contributed by atoms with E-state index in [2.05, 4.69) is 9.97 Å². The predicted octanol–water partition coefficient (Wildman–Crippen LogP) is 1.36. The number of aliphatic hydroxyl groups is 1. The summed E-state index contributed by atoms with van der Waals surface area (Å²) in [5, 5.41) is 9.16. The van der Waals surface area contributed by atoms with E-state index in [-0.39, 0.29) is 17.3 Å². The van der Waals surface area contributed by atoms with E-state index in [0.29, 0.717) is 5.52 Å². The highest BCUT2D eigenvalue weighted by Gasteiger charge is 2.27. The van der Waals surface area contributed by atoms with Gasteiger partial charge in [-0.15, -0.1) is 0 Å². The van der Waals surface area contributed by atoms with Crippen molar-refractivity contribution in [2.45, 2.75) is 18.7 Å². The summed E-state index contributed by atoms with van der Waals surface area (Å²) in [5.41, 5.74) is 0.773. The fourth-order valence-electron chi connectivity index (χ4n) is 1.75. The lowest BCUT2D eigenvalue weighted by Crippen LogP contribution is -2.27. The number of H-pyrrole nitrogens is 1. The van der Waals surface area contributed by atoms with Gasteiger partial charge >= 0.3 is 0 Å². The molecule has 0 aliphatic carbocycles. The second kappa shape index (κ2) is 4.37. The fraction of sp³-hybridized carbons (Fsp3) is 0.417. The van der Waals surface area contributed by atoms with Crippen molar-refractivity contribution in [1.82, 2.24) is 9.97 Å². The van der Waals surface area contributed by atoms with Crippen LogP contribution in [0.3, 0.4) is 0 Å². The summed E-state index contributed by atoms with van der Waals surface area (Å²) < 4.78 is 24.5. The molecule has 2 N–H and O–H groups in total. The largest absolute Gasteiger partial charge is 0.396 e. The fourth-order valence-corrected chi connectivity index (χ4v) is 3.61. The second-order valence-corrected chi connectivity index (χ2v) is 7.15.